The highest BCUT2D eigenvalue weighted by atomic mass is 19.1. The van der Waals surface area contributed by atoms with Crippen molar-refractivity contribution in [3.8, 4) is 0 Å². The second kappa shape index (κ2) is 11.3. The molecule has 1 amide bonds. The summed E-state index contributed by atoms with van der Waals surface area (Å²) >= 11 is 0. The van der Waals surface area contributed by atoms with Gasteiger partial charge in [-0.2, -0.15) is 4.39 Å². The second-order valence-corrected chi connectivity index (χ2v) is 7.91. The van der Waals surface area contributed by atoms with Gasteiger partial charge in [-0.25, -0.2) is 9.97 Å². The van der Waals surface area contributed by atoms with Gasteiger partial charge in [-0.1, -0.05) is 44.6 Å². The molecule has 0 aliphatic carbocycles. The number of amides is 1. The standard InChI is InChI=1S/C26H30FN5O/c1-5-7-12-23-22(9-6-2)28-16-24(32-23)30-18(4)19-10-8-11-21(14-19)31-26(33)20-13-17(3)25(27)29-15-20/h8-16,18H,5-7H2,1-4H3,(H,30,32)(H,31,33)/b22-9+,23-12-. The van der Waals surface area contributed by atoms with Gasteiger partial charge in [0.15, 0.2) is 0 Å². The number of anilines is 2. The Morgan fingerprint density at radius 3 is 2.67 bits per heavy atom. The molecule has 3 aromatic rings. The highest BCUT2D eigenvalue weighted by Gasteiger charge is 2.12. The van der Waals surface area contributed by atoms with Crippen molar-refractivity contribution in [3.63, 3.8) is 0 Å². The molecular formula is C26H30FN5O. The summed E-state index contributed by atoms with van der Waals surface area (Å²) in [6.07, 6.45) is 10.1. The molecule has 0 spiro atoms. The fourth-order valence-electron chi connectivity index (χ4n) is 3.34. The van der Waals surface area contributed by atoms with E-state index in [4.69, 9.17) is 4.98 Å². The van der Waals surface area contributed by atoms with Gasteiger partial charge in [-0.3, -0.25) is 9.78 Å². The average Bonchev–Trinajstić information content (AvgIpc) is 2.81. The number of halogens is 1. The van der Waals surface area contributed by atoms with E-state index in [2.05, 4.69) is 46.6 Å². The number of nitrogens with one attached hydrogen (secondary N) is 2. The zero-order chi connectivity index (χ0) is 23.8. The van der Waals surface area contributed by atoms with Crippen LogP contribution in [0.1, 0.15) is 67.6 Å². The van der Waals surface area contributed by atoms with Crippen LogP contribution in [0.5, 0.6) is 0 Å². The van der Waals surface area contributed by atoms with Crippen molar-refractivity contribution in [2.75, 3.05) is 10.6 Å². The lowest BCUT2D eigenvalue weighted by atomic mass is 10.1. The van der Waals surface area contributed by atoms with E-state index in [-0.39, 0.29) is 11.9 Å². The molecule has 1 atom stereocenters. The van der Waals surface area contributed by atoms with Gasteiger partial charge in [0.1, 0.15) is 5.82 Å². The Labute approximate surface area is 193 Å². The van der Waals surface area contributed by atoms with Crippen molar-refractivity contribution in [3.05, 3.63) is 76.1 Å². The van der Waals surface area contributed by atoms with Crippen LogP contribution in [0.25, 0.3) is 12.2 Å². The zero-order valence-corrected chi connectivity index (χ0v) is 19.5. The van der Waals surface area contributed by atoms with Crippen LogP contribution in [0.2, 0.25) is 0 Å². The molecule has 0 fully saturated rings. The van der Waals surface area contributed by atoms with Gasteiger partial charge >= 0.3 is 0 Å². The predicted octanol–water partition coefficient (Wildman–Crippen LogP) is 4.52. The molecule has 6 nitrogen and oxygen atoms in total. The predicted molar refractivity (Wildman–Crippen MR) is 131 cm³/mol. The summed E-state index contributed by atoms with van der Waals surface area (Å²) in [7, 11) is 0. The molecule has 2 N–H and O–H groups in total. The summed E-state index contributed by atoms with van der Waals surface area (Å²) in [5.74, 6) is -0.221. The molecule has 0 aliphatic rings. The van der Waals surface area contributed by atoms with Crippen LogP contribution < -0.4 is 21.3 Å². The van der Waals surface area contributed by atoms with Crippen LogP contribution in [0.4, 0.5) is 15.9 Å². The number of benzene rings is 1. The minimum atomic E-state index is -0.576. The minimum absolute atomic E-state index is 0.0640. The first-order valence-electron chi connectivity index (χ1n) is 11.2. The molecule has 0 radical (unpaired) electrons. The third kappa shape index (κ3) is 6.44. The maximum atomic E-state index is 13.4. The summed E-state index contributed by atoms with van der Waals surface area (Å²) in [5, 5.41) is 8.04. The van der Waals surface area contributed by atoms with E-state index in [9.17, 15) is 9.18 Å². The number of carbonyl (C=O) groups is 1. The summed E-state index contributed by atoms with van der Waals surface area (Å²) in [6.45, 7) is 7.82. The van der Waals surface area contributed by atoms with E-state index in [0.29, 0.717) is 22.6 Å². The molecule has 172 valence electrons. The summed E-state index contributed by atoms with van der Waals surface area (Å²) in [5.41, 5.74) is 2.25. The first kappa shape index (κ1) is 24.0. The zero-order valence-electron chi connectivity index (χ0n) is 19.5. The van der Waals surface area contributed by atoms with E-state index in [1.54, 1.807) is 13.1 Å². The first-order valence-corrected chi connectivity index (χ1v) is 11.2. The molecule has 7 heteroatoms. The molecule has 1 aromatic carbocycles. The number of carbonyl (C=O) groups excluding carboxylic acids is 1. The molecule has 1 unspecified atom stereocenters. The molecular weight excluding hydrogens is 417 g/mol. The van der Waals surface area contributed by atoms with Crippen molar-refractivity contribution >= 4 is 29.6 Å². The van der Waals surface area contributed by atoms with Gasteiger partial charge in [-0.15, -0.1) is 0 Å². The van der Waals surface area contributed by atoms with Crippen molar-refractivity contribution < 1.29 is 9.18 Å². The average molecular weight is 448 g/mol. The molecule has 0 aliphatic heterocycles. The normalized spacial score (nSPS) is 13.1. The lowest BCUT2D eigenvalue weighted by molar-refractivity contribution is 0.102. The number of rotatable bonds is 8. The quantitative estimate of drug-likeness (QED) is 0.497. The van der Waals surface area contributed by atoms with Crippen LogP contribution in [0, 0.1) is 12.9 Å². The number of pyridine rings is 1. The summed E-state index contributed by atoms with van der Waals surface area (Å²) in [4.78, 5) is 25.5. The molecule has 33 heavy (non-hydrogen) atoms. The van der Waals surface area contributed by atoms with E-state index in [0.717, 1.165) is 35.5 Å². The SMILES string of the molecule is CC/C=c1/ncc(NC(C)c2cccc(NC(=O)c3cnc(F)c(C)c3)c2)n/c1=C\CCC. The highest BCUT2D eigenvalue weighted by molar-refractivity contribution is 6.04. The highest BCUT2D eigenvalue weighted by Crippen LogP contribution is 2.21. The van der Waals surface area contributed by atoms with Gasteiger partial charge in [0.05, 0.1) is 28.5 Å². The molecule has 0 saturated carbocycles. The Balaban J connectivity index is 1.77. The smallest absolute Gasteiger partial charge is 0.257 e. The maximum Gasteiger partial charge on any atom is 0.257 e. The fraction of sp³-hybridized carbons (Fsp3) is 0.308. The largest absolute Gasteiger partial charge is 0.362 e. The van der Waals surface area contributed by atoms with E-state index < -0.39 is 5.95 Å². The Kier molecular flexibility index (Phi) is 8.24. The molecule has 2 aromatic heterocycles. The Hall–Kier alpha value is -3.61. The van der Waals surface area contributed by atoms with Gasteiger partial charge in [-0.05, 0) is 50.5 Å². The van der Waals surface area contributed by atoms with Crippen LogP contribution in [0.15, 0.2) is 42.7 Å². The van der Waals surface area contributed by atoms with Crippen LogP contribution in [-0.4, -0.2) is 20.9 Å². The lowest BCUT2D eigenvalue weighted by Crippen LogP contribution is -2.32. The Morgan fingerprint density at radius 2 is 1.94 bits per heavy atom. The van der Waals surface area contributed by atoms with Gasteiger partial charge in [0.25, 0.3) is 5.91 Å². The lowest BCUT2D eigenvalue weighted by Gasteiger charge is -2.16. The van der Waals surface area contributed by atoms with Gasteiger partial charge in [0, 0.05) is 17.4 Å². The van der Waals surface area contributed by atoms with E-state index >= 15 is 0 Å². The first-order chi connectivity index (χ1) is 15.9. The Bertz CT molecular complexity index is 1240. The third-order valence-electron chi connectivity index (χ3n) is 5.14. The summed E-state index contributed by atoms with van der Waals surface area (Å²) in [6, 6.07) is 8.99. The summed E-state index contributed by atoms with van der Waals surface area (Å²) < 4.78 is 13.4. The van der Waals surface area contributed by atoms with Crippen LogP contribution in [0.3, 0.4) is 0 Å². The van der Waals surface area contributed by atoms with Crippen molar-refractivity contribution in [2.45, 2.75) is 53.0 Å². The minimum Gasteiger partial charge on any atom is -0.362 e. The topological polar surface area (TPSA) is 79.8 Å². The maximum absolute atomic E-state index is 13.4. The van der Waals surface area contributed by atoms with Crippen LogP contribution in [-0.2, 0) is 0 Å². The molecule has 3 rings (SSSR count). The molecule has 2 heterocycles. The number of unbranched alkanes of at least 4 members (excludes halogenated alkanes) is 1. The second-order valence-electron chi connectivity index (χ2n) is 7.91. The van der Waals surface area contributed by atoms with E-state index in [1.165, 1.54) is 12.3 Å². The third-order valence-corrected chi connectivity index (χ3v) is 5.14. The van der Waals surface area contributed by atoms with E-state index in [1.807, 2.05) is 31.2 Å². The number of hydrogen-bond donors (Lipinski definition) is 2. The molecule has 0 bridgehead atoms. The monoisotopic (exact) mass is 447 g/mol. The molecule has 0 saturated heterocycles. The number of hydrogen-bond acceptors (Lipinski definition) is 5. The van der Waals surface area contributed by atoms with Crippen LogP contribution >= 0.6 is 0 Å². The van der Waals surface area contributed by atoms with Gasteiger partial charge < -0.3 is 10.6 Å². The number of nitrogens with zero attached hydrogens (tertiary/aromatic N) is 3. The van der Waals surface area contributed by atoms with Crippen molar-refractivity contribution in [2.24, 2.45) is 0 Å². The fourth-order valence-corrected chi connectivity index (χ4v) is 3.34. The Morgan fingerprint density at radius 1 is 1.12 bits per heavy atom. The van der Waals surface area contributed by atoms with Gasteiger partial charge in [0.2, 0.25) is 5.95 Å². The van der Waals surface area contributed by atoms with Crippen molar-refractivity contribution in [1.82, 2.24) is 15.0 Å². The van der Waals surface area contributed by atoms with Crippen molar-refractivity contribution in [1.29, 1.82) is 0 Å². The number of aryl methyl sites for hydroxylation is 1. The number of aromatic nitrogens is 3.